The average Bonchev–Trinajstić information content (AvgIpc) is 2.37. The minimum Gasteiger partial charge on any atom is -0.322 e. The zero-order valence-electron chi connectivity index (χ0n) is 11.8. The quantitative estimate of drug-likeness (QED) is 0.911. The first kappa shape index (κ1) is 15.2. The number of rotatable bonds is 3. The van der Waals surface area contributed by atoms with Crippen LogP contribution in [0.4, 0.5) is 5.69 Å². The number of aryl methyl sites for hydroxylation is 2. The Hall–Kier alpha value is -2.18. The summed E-state index contributed by atoms with van der Waals surface area (Å²) in [6.45, 7) is 3.62. The van der Waals surface area contributed by atoms with E-state index < -0.39 is 10.0 Å². The van der Waals surface area contributed by atoms with Crippen LogP contribution in [0.15, 0.2) is 47.4 Å². The van der Waals surface area contributed by atoms with Crippen LogP contribution in [0.2, 0.25) is 0 Å². The molecule has 110 valence electrons. The molecule has 0 saturated heterocycles. The standard InChI is InChI=1S/C15H16N2O3S/c1-10-4-3-5-13(7-10)17-15(18)12-6-11(2)8-14(9-12)21(16,19)20/h3-9H,1-2H3,(H,17,18)(H2,16,19,20). The third-order valence-corrected chi connectivity index (χ3v) is 3.81. The second kappa shape index (κ2) is 5.67. The lowest BCUT2D eigenvalue weighted by Crippen LogP contribution is -2.16. The van der Waals surface area contributed by atoms with Crippen LogP contribution in [-0.4, -0.2) is 14.3 Å². The topological polar surface area (TPSA) is 89.3 Å². The lowest BCUT2D eigenvalue weighted by molar-refractivity contribution is 0.102. The Balaban J connectivity index is 2.33. The van der Waals surface area contributed by atoms with Crippen molar-refractivity contribution < 1.29 is 13.2 Å². The third kappa shape index (κ3) is 3.90. The van der Waals surface area contributed by atoms with Gasteiger partial charge in [0.05, 0.1) is 4.90 Å². The van der Waals surface area contributed by atoms with Gasteiger partial charge in [-0.3, -0.25) is 4.79 Å². The molecule has 0 aromatic heterocycles. The van der Waals surface area contributed by atoms with Crippen molar-refractivity contribution >= 4 is 21.6 Å². The van der Waals surface area contributed by atoms with E-state index in [1.54, 1.807) is 19.1 Å². The maximum Gasteiger partial charge on any atom is 0.255 e. The van der Waals surface area contributed by atoms with Crippen molar-refractivity contribution in [3.8, 4) is 0 Å². The average molecular weight is 304 g/mol. The molecule has 0 atom stereocenters. The molecule has 0 radical (unpaired) electrons. The molecule has 3 N–H and O–H groups in total. The van der Waals surface area contributed by atoms with Gasteiger partial charge in [0.15, 0.2) is 0 Å². The molecule has 6 heteroatoms. The Kier molecular flexibility index (Phi) is 4.11. The molecule has 2 rings (SSSR count). The fourth-order valence-electron chi connectivity index (χ4n) is 1.97. The van der Waals surface area contributed by atoms with Crippen molar-refractivity contribution in [1.29, 1.82) is 0 Å². The summed E-state index contributed by atoms with van der Waals surface area (Å²) >= 11 is 0. The largest absolute Gasteiger partial charge is 0.322 e. The number of anilines is 1. The number of primary sulfonamides is 1. The molecule has 0 aliphatic carbocycles. The highest BCUT2D eigenvalue weighted by molar-refractivity contribution is 7.89. The minimum atomic E-state index is -3.84. The highest BCUT2D eigenvalue weighted by Crippen LogP contribution is 2.16. The van der Waals surface area contributed by atoms with E-state index in [4.69, 9.17) is 5.14 Å². The normalized spacial score (nSPS) is 11.2. The summed E-state index contributed by atoms with van der Waals surface area (Å²) in [6.07, 6.45) is 0. The van der Waals surface area contributed by atoms with Gasteiger partial charge in [-0.05, 0) is 55.3 Å². The van der Waals surface area contributed by atoms with E-state index in [2.05, 4.69) is 5.32 Å². The van der Waals surface area contributed by atoms with Crippen molar-refractivity contribution in [3.63, 3.8) is 0 Å². The number of sulfonamides is 1. The summed E-state index contributed by atoms with van der Waals surface area (Å²) in [5.41, 5.74) is 2.57. The molecule has 0 spiro atoms. The van der Waals surface area contributed by atoms with Crippen LogP contribution >= 0.6 is 0 Å². The Labute approximate surface area is 123 Å². The van der Waals surface area contributed by atoms with Crippen LogP contribution in [0.5, 0.6) is 0 Å². The van der Waals surface area contributed by atoms with E-state index in [-0.39, 0.29) is 16.4 Å². The van der Waals surface area contributed by atoms with Gasteiger partial charge in [-0.15, -0.1) is 0 Å². The molecule has 0 aliphatic heterocycles. The molecule has 2 aromatic carbocycles. The molecule has 21 heavy (non-hydrogen) atoms. The summed E-state index contributed by atoms with van der Waals surface area (Å²) in [4.78, 5) is 12.1. The molecular formula is C15H16N2O3S. The maximum absolute atomic E-state index is 12.2. The number of amides is 1. The summed E-state index contributed by atoms with van der Waals surface area (Å²) in [5.74, 6) is -0.380. The van der Waals surface area contributed by atoms with E-state index in [1.165, 1.54) is 12.1 Å². The van der Waals surface area contributed by atoms with Crippen LogP contribution in [0, 0.1) is 13.8 Å². The predicted molar refractivity (Wildman–Crippen MR) is 81.7 cm³/mol. The van der Waals surface area contributed by atoms with Crippen molar-refractivity contribution in [2.75, 3.05) is 5.32 Å². The Morgan fingerprint density at radius 3 is 2.38 bits per heavy atom. The fraction of sp³-hybridized carbons (Fsp3) is 0.133. The van der Waals surface area contributed by atoms with Gasteiger partial charge in [-0.25, -0.2) is 13.6 Å². The Morgan fingerprint density at radius 1 is 1.05 bits per heavy atom. The van der Waals surface area contributed by atoms with Crippen LogP contribution in [0.25, 0.3) is 0 Å². The number of nitrogens with one attached hydrogen (secondary N) is 1. The number of carbonyl (C=O) groups excluding carboxylic acids is 1. The van der Waals surface area contributed by atoms with E-state index in [0.717, 1.165) is 5.56 Å². The smallest absolute Gasteiger partial charge is 0.255 e. The molecule has 0 saturated carbocycles. The molecule has 5 nitrogen and oxygen atoms in total. The zero-order chi connectivity index (χ0) is 15.6. The van der Waals surface area contributed by atoms with Gasteiger partial charge in [0.25, 0.3) is 5.91 Å². The van der Waals surface area contributed by atoms with E-state index in [9.17, 15) is 13.2 Å². The Bertz CT molecular complexity index is 798. The minimum absolute atomic E-state index is 0.0723. The number of benzene rings is 2. The summed E-state index contributed by atoms with van der Waals surface area (Å²) < 4.78 is 22.8. The van der Waals surface area contributed by atoms with Crippen molar-refractivity contribution in [2.45, 2.75) is 18.7 Å². The second-order valence-corrected chi connectivity index (χ2v) is 6.46. The van der Waals surface area contributed by atoms with E-state index >= 15 is 0 Å². The molecule has 0 fully saturated rings. The number of hydrogen-bond acceptors (Lipinski definition) is 3. The fourth-order valence-corrected chi connectivity index (χ4v) is 2.61. The lowest BCUT2D eigenvalue weighted by Gasteiger charge is -2.08. The van der Waals surface area contributed by atoms with Gasteiger partial charge < -0.3 is 5.32 Å². The van der Waals surface area contributed by atoms with Crippen molar-refractivity contribution in [1.82, 2.24) is 0 Å². The summed E-state index contributed by atoms with van der Waals surface area (Å²) in [5, 5.41) is 7.84. The van der Waals surface area contributed by atoms with Gasteiger partial charge in [0.1, 0.15) is 0 Å². The Morgan fingerprint density at radius 2 is 1.76 bits per heavy atom. The first-order valence-electron chi connectivity index (χ1n) is 6.28. The summed E-state index contributed by atoms with van der Waals surface area (Å²) in [6, 6.07) is 11.7. The van der Waals surface area contributed by atoms with E-state index in [1.807, 2.05) is 25.1 Å². The molecule has 0 bridgehead atoms. The molecule has 0 heterocycles. The van der Waals surface area contributed by atoms with Crippen molar-refractivity contribution in [2.24, 2.45) is 5.14 Å². The third-order valence-electron chi connectivity index (χ3n) is 2.92. The summed E-state index contributed by atoms with van der Waals surface area (Å²) in [7, 11) is -3.84. The van der Waals surface area contributed by atoms with Crippen LogP contribution in [0.3, 0.4) is 0 Å². The molecule has 2 aromatic rings. The number of hydrogen-bond donors (Lipinski definition) is 2. The van der Waals surface area contributed by atoms with Gasteiger partial charge in [0.2, 0.25) is 10.0 Å². The maximum atomic E-state index is 12.2. The molecule has 0 aliphatic rings. The lowest BCUT2D eigenvalue weighted by atomic mass is 10.1. The zero-order valence-corrected chi connectivity index (χ0v) is 12.6. The molecule has 0 unspecified atom stereocenters. The number of carbonyl (C=O) groups is 1. The van der Waals surface area contributed by atoms with Crippen LogP contribution < -0.4 is 10.5 Å². The van der Waals surface area contributed by atoms with Crippen LogP contribution in [0.1, 0.15) is 21.5 Å². The highest BCUT2D eigenvalue weighted by Gasteiger charge is 2.13. The number of nitrogens with two attached hydrogens (primary N) is 1. The van der Waals surface area contributed by atoms with Crippen LogP contribution in [-0.2, 0) is 10.0 Å². The molecule has 1 amide bonds. The predicted octanol–water partition coefficient (Wildman–Crippen LogP) is 2.20. The van der Waals surface area contributed by atoms with Gasteiger partial charge >= 0.3 is 0 Å². The highest BCUT2D eigenvalue weighted by atomic mass is 32.2. The second-order valence-electron chi connectivity index (χ2n) is 4.90. The molecular weight excluding hydrogens is 288 g/mol. The monoisotopic (exact) mass is 304 g/mol. The SMILES string of the molecule is Cc1cccc(NC(=O)c2cc(C)cc(S(N)(=O)=O)c2)c1. The first-order valence-corrected chi connectivity index (χ1v) is 7.83. The van der Waals surface area contributed by atoms with Crippen molar-refractivity contribution in [3.05, 3.63) is 59.2 Å². The first-order chi connectivity index (χ1) is 9.75. The van der Waals surface area contributed by atoms with Gasteiger partial charge in [-0.2, -0.15) is 0 Å². The van der Waals surface area contributed by atoms with Gasteiger partial charge in [-0.1, -0.05) is 12.1 Å². The van der Waals surface area contributed by atoms with E-state index in [0.29, 0.717) is 11.3 Å². The van der Waals surface area contributed by atoms with Gasteiger partial charge in [0, 0.05) is 11.3 Å².